The zero-order valence-corrected chi connectivity index (χ0v) is 14.5. The number of benzene rings is 1. The topological polar surface area (TPSA) is 44.2 Å². The first-order valence-corrected chi connectivity index (χ1v) is 7.46. The van der Waals surface area contributed by atoms with E-state index in [4.69, 9.17) is 9.47 Å². The van der Waals surface area contributed by atoms with Crippen molar-refractivity contribution in [2.45, 2.75) is 33.1 Å². The van der Waals surface area contributed by atoms with Crippen molar-refractivity contribution >= 4 is 15.9 Å². The lowest BCUT2D eigenvalue weighted by Gasteiger charge is -2.22. The predicted octanol–water partition coefficient (Wildman–Crippen LogP) is 4.65. The molecule has 2 aromatic rings. The summed E-state index contributed by atoms with van der Waals surface area (Å²) in [5.74, 6) is 1.22. The highest BCUT2D eigenvalue weighted by molar-refractivity contribution is 9.10. The molecular formula is C16H19BrN2O2. The van der Waals surface area contributed by atoms with Crippen LogP contribution in [0.1, 0.15) is 31.9 Å². The summed E-state index contributed by atoms with van der Waals surface area (Å²) >= 11 is 3.33. The average molecular weight is 351 g/mol. The van der Waals surface area contributed by atoms with Crippen molar-refractivity contribution in [2.24, 2.45) is 0 Å². The first-order chi connectivity index (χ1) is 9.81. The van der Waals surface area contributed by atoms with Crippen LogP contribution in [0.5, 0.6) is 17.6 Å². The van der Waals surface area contributed by atoms with E-state index in [1.54, 1.807) is 13.3 Å². The van der Waals surface area contributed by atoms with Crippen molar-refractivity contribution < 1.29 is 9.47 Å². The van der Waals surface area contributed by atoms with E-state index in [9.17, 15) is 0 Å². The van der Waals surface area contributed by atoms with Crippen LogP contribution in [0.3, 0.4) is 0 Å². The lowest BCUT2D eigenvalue weighted by molar-refractivity contribution is 0.370. The van der Waals surface area contributed by atoms with Crippen molar-refractivity contribution in [3.63, 3.8) is 0 Å². The number of hydrogen-bond acceptors (Lipinski definition) is 4. The molecule has 0 radical (unpaired) electrons. The van der Waals surface area contributed by atoms with Crippen molar-refractivity contribution in [3.05, 3.63) is 40.0 Å². The molecule has 0 aliphatic carbocycles. The fourth-order valence-corrected chi connectivity index (χ4v) is 2.31. The molecule has 1 aromatic carbocycles. The third-order valence-electron chi connectivity index (χ3n) is 3.03. The summed E-state index contributed by atoms with van der Waals surface area (Å²) in [5.41, 5.74) is 2.21. The van der Waals surface area contributed by atoms with Gasteiger partial charge in [-0.15, -0.1) is 0 Å². The van der Waals surface area contributed by atoms with E-state index in [-0.39, 0.29) is 11.4 Å². The Bertz CT molecular complexity index is 651. The second kappa shape index (κ2) is 6.02. The summed E-state index contributed by atoms with van der Waals surface area (Å²) in [7, 11) is 1.56. The molecule has 5 heteroatoms. The number of halogens is 1. The quantitative estimate of drug-likeness (QED) is 0.808. The van der Waals surface area contributed by atoms with Crippen LogP contribution in [0.4, 0.5) is 0 Å². The number of methoxy groups -OCH3 is 1. The van der Waals surface area contributed by atoms with Crippen LogP contribution in [0.2, 0.25) is 0 Å². The van der Waals surface area contributed by atoms with Crippen molar-refractivity contribution in [1.82, 2.24) is 9.97 Å². The van der Waals surface area contributed by atoms with Crippen LogP contribution in [0.25, 0.3) is 0 Å². The highest BCUT2D eigenvalue weighted by Crippen LogP contribution is 2.34. The van der Waals surface area contributed by atoms with Gasteiger partial charge in [0.1, 0.15) is 5.75 Å². The molecule has 0 spiro atoms. The van der Waals surface area contributed by atoms with Crippen LogP contribution in [-0.4, -0.2) is 17.1 Å². The average Bonchev–Trinajstić information content (AvgIpc) is 2.39. The van der Waals surface area contributed by atoms with Crippen LogP contribution >= 0.6 is 15.9 Å². The number of aryl methyl sites for hydroxylation is 1. The van der Waals surface area contributed by atoms with Gasteiger partial charge in [-0.05, 0) is 39.9 Å². The molecule has 0 atom stereocenters. The SMILES string of the molecule is COc1nc(Oc2cc(C)ccc2C(C)(C)C)ncc1Br. The van der Waals surface area contributed by atoms with E-state index < -0.39 is 0 Å². The van der Waals surface area contributed by atoms with E-state index >= 15 is 0 Å². The summed E-state index contributed by atoms with van der Waals surface area (Å²) in [4.78, 5) is 8.41. The predicted molar refractivity (Wildman–Crippen MR) is 86.2 cm³/mol. The minimum absolute atomic E-state index is 0.0253. The maximum Gasteiger partial charge on any atom is 0.325 e. The molecule has 0 amide bonds. The minimum Gasteiger partial charge on any atom is -0.480 e. The molecule has 1 heterocycles. The van der Waals surface area contributed by atoms with Gasteiger partial charge >= 0.3 is 6.01 Å². The number of nitrogens with zero attached hydrogens (tertiary/aromatic N) is 2. The fourth-order valence-electron chi connectivity index (χ4n) is 1.96. The Morgan fingerprint density at radius 3 is 2.52 bits per heavy atom. The molecule has 0 saturated carbocycles. The first-order valence-electron chi connectivity index (χ1n) is 6.67. The van der Waals surface area contributed by atoms with Crippen molar-refractivity contribution in [1.29, 1.82) is 0 Å². The Labute approximate surface area is 133 Å². The molecule has 0 fully saturated rings. The summed E-state index contributed by atoms with van der Waals surface area (Å²) < 4.78 is 11.8. The van der Waals surface area contributed by atoms with Crippen LogP contribution in [0, 0.1) is 6.92 Å². The number of ether oxygens (including phenoxy) is 2. The van der Waals surface area contributed by atoms with E-state index in [1.807, 2.05) is 13.0 Å². The zero-order chi connectivity index (χ0) is 15.6. The summed E-state index contributed by atoms with van der Waals surface area (Å²) in [6.07, 6.45) is 1.62. The normalized spacial score (nSPS) is 11.3. The van der Waals surface area contributed by atoms with Gasteiger partial charge in [0.2, 0.25) is 5.88 Å². The summed E-state index contributed by atoms with van der Waals surface area (Å²) in [6, 6.07) is 6.43. The first kappa shape index (κ1) is 15.8. The van der Waals surface area contributed by atoms with Gasteiger partial charge in [0.15, 0.2) is 0 Å². The maximum atomic E-state index is 5.89. The lowest BCUT2D eigenvalue weighted by atomic mass is 9.86. The molecule has 112 valence electrons. The molecule has 0 bridgehead atoms. The van der Waals surface area contributed by atoms with Gasteiger partial charge in [0.25, 0.3) is 0 Å². The fraction of sp³-hybridized carbons (Fsp3) is 0.375. The molecular weight excluding hydrogens is 332 g/mol. The van der Waals surface area contributed by atoms with Gasteiger partial charge in [0, 0.05) is 5.56 Å². The Hall–Kier alpha value is -1.62. The van der Waals surface area contributed by atoms with E-state index in [2.05, 4.69) is 58.8 Å². The third-order valence-corrected chi connectivity index (χ3v) is 3.57. The molecule has 21 heavy (non-hydrogen) atoms. The smallest absolute Gasteiger partial charge is 0.325 e. The second-order valence-corrected chi connectivity index (χ2v) is 6.72. The largest absolute Gasteiger partial charge is 0.480 e. The van der Waals surface area contributed by atoms with Crippen LogP contribution in [-0.2, 0) is 5.41 Å². The van der Waals surface area contributed by atoms with Gasteiger partial charge in [-0.3, -0.25) is 0 Å². The Balaban J connectivity index is 2.41. The molecule has 0 saturated heterocycles. The van der Waals surface area contributed by atoms with Gasteiger partial charge in [-0.25, -0.2) is 4.98 Å². The minimum atomic E-state index is -0.0253. The maximum absolute atomic E-state index is 5.89. The molecule has 2 rings (SSSR count). The third kappa shape index (κ3) is 3.73. The molecule has 0 aliphatic rings. The number of aromatic nitrogens is 2. The molecule has 0 unspecified atom stereocenters. The lowest BCUT2D eigenvalue weighted by Crippen LogP contribution is -2.13. The Morgan fingerprint density at radius 2 is 1.90 bits per heavy atom. The second-order valence-electron chi connectivity index (χ2n) is 5.86. The number of hydrogen-bond donors (Lipinski definition) is 0. The Morgan fingerprint density at radius 1 is 1.19 bits per heavy atom. The van der Waals surface area contributed by atoms with E-state index in [0.29, 0.717) is 10.4 Å². The zero-order valence-electron chi connectivity index (χ0n) is 12.9. The monoisotopic (exact) mass is 350 g/mol. The molecule has 0 aliphatic heterocycles. The highest BCUT2D eigenvalue weighted by Gasteiger charge is 2.20. The Kier molecular flexibility index (Phi) is 4.52. The molecule has 4 nitrogen and oxygen atoms in total. The standard InChI is InChI=1S/C16H19BrN2O2/c1-10-6-7-11(16(2,3)4)13(8-10)21-15-18-9-12(17)14(19-15)20-5/h6-9H,1-5H3. The number of rotatable bonds is 3. The van der Waals surface area contributed by atoms with E-state index in [1.165, 1.54) is 0 Å². The van der Waals surface area contributed by atoms with Gasteiger partial charge in [-0.2, -0.15) is 4.98 Å². The van der Waals surface area contributed by atoms with Crippen molar-refractivity contribution in [2.75, 3.05) is 7.11 Å². The van der Waals surface area contributed by atoms with E-state index in [0.717, 1.165) is 16.9 Å². The van der Waals surface area contributed by atoms with Gasteiger partial charge in [0.05, 0.1) is 17.8 Å². The summed E-state index contributed by atoms with van der Waals surface area (Å²) in [6.45, 7) is 8.47. The molecule has 0 N–H and O–H groups in total. The summed E-state index contributed by atoms with van der Waals surface area (Å²) in [5, 5.41) is 0. The van der Waals surface area contributed by atoms with Gasteiger partial charge < -0.3 is 9.47 Å². The van der Waals surface area contributed by atoms with Crippen molar-refractivity contribution in [3.8, 4) is 17.6 Å². The molecule has 1 aromatic heterocycles. The van der Waals surface area contributed by atoms with Gasteiger partial charge in [-0.1, -0.05) is 32.9 Å². The van der Waals surface area contributed by atoms with Crippen LogP contribution < -0.4 is 9.47 Å². The van der Waals surface area contributed by atoms with Crippen LogP contribution in [0.15, 0.2) is 28.9 Å². The highest BCUT2D eigenvalue weighted by atomic mass is 79.9.